The Kier molecular flexibility index (Phi) is 4.27. The van der Waals surface area contributed by atoms with Crippen molar-refractivity contribution >= 4 is 12.6 Å². The molecule has 1 N–H and O–H groups in total. The zero-order valence-corrected chi connectivity index (χ0v) is 15.7. The molecule has 4 atom stereocenters. The lowest BCUT2D eigenvalue weighted by molar-refractivity contribution is -0.0672. The zero-order valence-electron chi connectivity index (χ0n) is 15.7. The van der Waals surface area contributed by atoms with Gasteiger partial charge in [-0.1, -0.05) is 24.3 Å². The van der Waals surface area contributed by atoms with Gasteiger partial charge in [-0.15, -0.1) is 0 Å². The average Bonchev–Trinajstić information content (AvgIpc) is 2.75. The Morgan fingerprint density at radius 2 is 1.44 bits per heavy atom. The van der Waals surface area contributed by atoms with Crippen LogP contribution in [0.2, 0.25) is 0 Å². The predicted molar refractivity (Wildman–Crippen MR) is 97.9 cm³/mol. The fourth-order valence-corrected chi connectivity index (χ4v) is 4.59. The molecule has 2 bridgehead atoms. The fraction of sp³-hybridized carbons (Fsp3) is 0.700. The van der Waals surface area contributed by atoms with Crippen molar-refractivity contribution < 1.29 is 19.2 Å². The molecule has 2 aliphatic heterocycles. The van der Waals surface area contributed by atoms with Crippen LogP contribution >= 0.6 is 0 Å². The van der Waals surface area contributed by atoms with E-state index >= 15 is 0 Å². The van der Waals surface area contributed by atoms with E-state index in [0.717, 1.165) is 31.5 Å². The van der Waals surface area contributed by atoms with Gasteiger partial charge in [-0.3, -0.25) is 0 Å². The maximum absolute atomic E-state index is 10.1. The first-order valence-electron chi connectivity index (χ1n) is 9.48. The second kappa shape index (κ2) is 6.09. The van der Waals surface area contributed by atoms with E-state index in [1.54, 1.807) is 0 Å². The van der Waals surface area contributed by atoms with Crippen molar-refractivity contribution in [1.82, 2.24) is 0 Å². The average molecular weight is 344 g/mol. The first-order valence-corrected chi connectivity index (χ1v) is 9.48. The molecule has 3 aliphatic rings. The van der Waals surface area contributed by atoms with Crippen LogP contribution in [0, 0.1) is 11.8 Å². The van der Waals surface area contributed by atoms with Crippen molar-refractivity contribution in [1.29, 1.82) is 0 Å². The van der Waals surface area contributed by atoms with Crippen LogP contribution in [-0.2, 0) is 14.0 Å². The Morgan fingerprint density at radius 1 is 0.920 bits per heavy atom. The monoisotopic (exact) mass is 344 g/mol. The van der Waals surface area contributed by atoms with Gasteiger partial charge in [0.1, 0.15) is 0 Å². The second-order valence-corrected chi connectivity index (χ2v) is 8.96. The molecule has 1 saturated carbocycles. The van der Waals surface area contributed by atoms with Crippen molar-refractivity contribution in [2.75, 3.05) is 13.2 Å². The predicted octanol–water partition coefficient (Wildman–Crippen LogP) is 2.49. The molecule has 25 heavy (non-hydrogen) atoms. The first-order chi connectivity index (χ1) is 11.8. The summed E-state index contributed by atoms with van der Waals surface area (Å²) in [4.78, 5) is 0. The van der Waals surface area contributed by atoms with Gasteiger partial charge in [-0.05, 0) is 69.3 Å². The summed E-state index contributed by atoms with van der Waals surface area (Å²) in [5.41, 5.74) is 1.79. The van der Waals surface area contributed by atoms with Crippen LogP contribution in [0.1, 0.15) is 52.0 Å². The number of rotatable bonds is 2. The van der Waals surface area contributed by atoms with Crippen LogP contribution in [0.4, 0.5) is 0 Å². The van der Waals surface area contributed by atoms with Crippen LogP contribution in [0.25, 0.3) is 0 Å². The maximum atomic E-state index is 10.1. The number of aliphatic hydroxyl groups is 1. The molecule has 1 aliphatic carbocycles. The summed E-state index contributed by atoms with van der Waals surface area (Å²) in [6, 6.07) is 8.71. The van der Waals surface area contributed by atoms with Crippen LogP contribution in [-0.4, -0.2) is 42.7 Å². The van der Waals surface area contributed by atoms with Gasteiger partial charge in [0, 0.05) is 0 Å². The molecule has 4 nitrogen and oxygen atoms in total. The molecule has 0 aromatic heterocycles. The molecule has 5 heteroatoms. The highest BCUT2D eigenvalue weighted by atomic mass is 16.7. The van der Waals surface area contributed by atoms with E-state index in [9.17, 15) is 5.11 Å². The van der Waals surface area contributed by atoms with Gasteiger partial charge in [0.25, 0.3) is 0 Å². The number of benzene rings is 1. The zero-order chi connectivity index (χ0) is 17.8. The quantitative estimate of drug-likeness (QED) is 0.838. The van der Waals surface area contributed by atoms with Gasteiger partial charge in [0.15, 0.2) is 0 Å². The molecular weight excluding hydrogens is 315 g/mol. The van der Waals surface area contributed by atoms with E-state index in [1.165, 1.54) is 5.56 Å². The van der Waals surface area contributed by atoms with E-state index in [1.807, 2.05) is 0 Å². The number of ether oxygens (including phenoxy) is 1. The van der Waals surface area contributed by atoms with Gasteiger partial charge in [-0.25, -0.2) is 0 Å². The first kappa shape index (κ1) is 17.5. The third kappa shape index (κ3) is 3.05. The molecule has 3 fully saturated rings. The number of fused-ring (bicyclic) bond motifs is 2. The van der Waals surface area contributed by atoms with Crippen LogP contribution < -0.4 is 5.46 Å². The van der Waals surface area contributed by atoms with Gasteiger partial charge in [-0.2, -0.15) is 0 Å². The molecule has 0 amide bonds. The van der Waals surface area contributed by atoms with Gasteiger partial charge in [0.2, 0.25) is 0 Å². The SMILES string of the molecule is CC1(C)OB(c2ccc(C3[C@@H]4COC[C@H]3C[C@@H](O)C4)cc2)OC1(C)C. The lowest BCUT2D eigenvalue weighted by Gasteiger charge is -2.44. The molecule has 1 aromatic rings. The summed E-state index contributed by atoms with van der Waals surface area (Å²) >= 11 is 0. The number of aliphatic hydroxyl groups excluding tert-OH is 1. The molecule has 1 aromatic carbocycles. The Morgan fingerprint density at radius 3 is 1.96 bits per heavy atom. The summed E-state index contributed by atoms with van der Waals surface area (Å²) in [6.45, 7) is 9.84. The summed E-state index contributed by atoms with van der Waals surface area (Å²) in [5.74, 6) is 1.33. The van der Waals surface area contributed by atoms with Crippen molar-refractivity contribution in [2.24, 2.45) is 11.8 Å². The standard InChI is InChI=1S/C20H29BO4/c1-19(2)20(3,4)25-21(24-19)16-7-5-13(6-8-16)18-14-9-17(22)10-15(18)12-23-11-14/h5-8,14-15,17-18,22H,9-12H2,1-4H3/t14-,15+,17-,18?. The molecular formula is C20H29BO4. The van der Waals surface area contributed by atoms with Crippen molar-refractivity contribution in [3.05, 3.63) is 29.8 Å². The van der Waals surface area contributed by atoms with E-state index in [4.69, 9.17) is 14.0 Å². The minimum atomic E-state index is -0.315. The Balaban J connectivity index is 1.53. The lowest BCUT2D eigenvalue weighted by atomic mass is 9.66. The van der Waals surface area contributed by atoms with E-state index in [2.05, 4.69) is 52.0 Å². The van der Waals surface area contributed by atoms with Crippen LogP contribution in [0.3, 0.4) is 0 Å². The van der Waals surface area contributed by atoms with Crippen molar-refractivity contribution in [2.45, 2.75) is 63.8 Å². The Bertz CT molecular complexity index is 597. The molecule has 4 rings (SSSR count). The summed E-state index contributed by atoms with van der Waals surface area (Å²) < 4.78 is 18.0. The molecule has 0 spiro atoms. The third-order valence-electron chi connectivity index (χ3n) is 6.68. The summed E-state index contributed by atoms with van der Waals surface area (Å²) in [6.07, 6.45) is 1.53. The molecule has 0 radical (unpaired) electrons. The van der Waals surface area contributed by atoms with Crippen LogP contribution in [0.15, 0.2) is 24.3 Å². The second-order valence-electron chi connectivity index (χ2n) is 8.96. The third-order valence-corrected chi connectivity index (χ3v) is 6.68. The van der Waals surface area contributed by atoms with Gasteiger partial charge in [0.05, 0.1) is 30.5 Å². The largest absolute Gasteiger partial charge is 0.494 e. The number of hydrogen-bond acceptors (Lipinski definition) is 4. The Hall–Kier alpha value is -0.875. The highest BCUT2D eigenvalue weighted by molar-refractivity contribution is 6.62. The van der Waals surface area contributed by atoms with Crippen molar-refractivity contribution in [3.8, 4) is 0 Å². The highest BCUT2D eigenvalue weighted by Gasteiger charge is 2.51. The number of hydrogen-bond donors (Lipinski definition) is 1. The van der Waals surface area contributed by atoms with Crippen molar-refractivity contribution in [3.63, 3.8) is 0 Å². The molecule has 2 saturated heterocycles. The maximum Gasteiger partial charge on any atom is 0.494 e. The summed E-state index contributed by atoms with van der Waals surface area (Å²) in [5, 5.41) is 10.1. The van der Waals surface area contributed by atoms with E-state index < -0.39 is 0 Å². The minimum Gasteiger partial charge on any atom is -0.399 e. The topological polar surface area (TPSA) is 47.9 Å². The van der Waals surface area contributed by atoms with E-state index in [-0.39, 0.29) is 24.4 Å². The Labute approximate surface area is 151 Å². The molecule has 2 heterocycles. The molecule has 1 unspecified atom stereocenters. The summed E-state index contributed by atoms with van der Waals surface area (Å²) in [7, 11) is -0.310. The highest BCUT2D eigenvalue weighted by Crippen LogP contribution is 2.45. The van der Waals surface area contributed by atoms with Gasteiger partial charge < -0.3 is 19.2 Å². The van der Waals surface area contributed by atoms with Gasteiger partial charge >= 0.3 is 7.12 Å². The minimum absolute atomic E-state index is 0.167. The molecule has 136 valence electrons. The smallest absolute Gasteiger partial charge is 0.399 e. The fourth-order valence-electron chi connectivity index (χ4n) is 4.59. The van der Waals surface area contributed by atoms with E-state index in [0.29, 0.717) is 17.8 Å². The van der Waals surface area contributed by atoms with Crippen LogP contribution in [0.5, 0.6) is 0 Å². The lowest BCUT2D eigenvalue weighted by Crippen LogP contribution is -2.42. The normalized spacial score (nSPS) is 36.4.